The van der Waals surface area contributed by atoms with Gasteiger partial charge in [0.25, 0.3) is 5.91 Å². The van der Waals surface area contributed by atoms with Crippen LogP contribution >= 0.6 is 0 Å². The fourth-order valence-electron chi connectivity index (χ4n) is 21.1. The molecule has 0 bridgehead atoms. The van der Waals surface area contributed by atoms with E-state index in [4.69, 9.17) is 18.9 Å². The lowest BCUT2D eigenvalue weighted by Gasteiger charge is -2.37. The van der Waals surface area contributed by atoms with Gasteiger partial charge in [-0.1, -0.05) is 154 Å². The quantitative estimate of drug-likeness (QED) is 0.0149. The summed E-state index contributed by atoms with van der Waals surface area (Å²) >= 11 is 0. The van der Waals surface area contributed by atoms with E-state index >= 15 is 0 Å². The smallest absolute Gasteiger partial charge is 0.328 e. The molecule has 14 rings (SSSR count). The molecule has 135 heavy (non-hydrogen) atoms. The van der Waals surface area contributed by atoms with Crippen molar-refractivity contribution in [2.75, 3.05) is 59.2 Å². The van der Waals surface area contributed by atoms with Gasteiger partial charge in [0.15, 0.2) is 0 Å². The van der Waals surface area contributed by atoms with Crippen LogP contribution in [0.4, 0.5) is 0 Å². The van der Waals surface area contributed by atoms with E-state index in [1.807, 2.05) is 61.9 Å². The number of Topliss-reactive ketones (excluding diaryl/α,β-unsaturated/α-hetero) is 1. The number of nitrogens with zero attached hydrogens (tertiary/aromatic N) is 9. The van der Waals surface area contributed by atoms with Crippen molar-refractivity contribution in [1.82, 2.24) is 44.4 Å². The molecular weight excluding hydrogens is 1700 g/mol. The largest absolute Gasteiger partial charge is 0.480 e. The van der Waals surface area contributed by atoms with Gasteiger partial charge in [0.05, 0.1) is 26.4 Å². The van der Waals surface area contributed by atoms with Crippen LogP contribution in [0.1, 0.15) is 331 Å². The predicted molar refractivity (Wildman–Crippen MR) is 521 cm³/mol. The van der Waals surface area contributed by atoms with E-state index in [1.54, 1.807) is 45.7 Å². The van der Waals surface area contributed by atoms with Gasteiger partial charge in [-0.2, -0.15) is 0 Å². The molecule has 0 radical (unpaired) electrons. The van der Waals surface area contributed by atoms with Crippen LogP contribution in [-0.2, 0) is 97.4 Å². The number of hydrogen-bond donors (Lipinski definition) is 1. The summed E-state index contributed by atoms with van der Waals surface area (Å²) in [5.74, 6) is -1.98. The topological polar surface area (TPSA) is 313 Å². The number of amides is 5. The van der Waals surface area contributed by atoms with Crippen molar-refractivity contribution in [3.05, 3.63) is 169 Å². The molecule has 5 saturated carbocycles. The molecule has 0 spiro atoms. The molecule has 738 valence electrons. The van der Waals surface area contributed by atoms with E-state index in [0.717, 1.165) is 236 Å². The van der Waals surface area contributed by atoms with Gasteiger partial charge in [0, 0.05) is 110 Å². The van der Waals surface area contributed by atoms with E-state index < -0.39 is 47.5 Å². The average molecular weight is 1860 g/mol. The standard InChI is InChI=1S/C25H36N2O3.C24H34N2O3.C23H32N2O4.C23H32N2O3.C15H23NO3/c1-20(22-13-5-2-6-14-22)24(28)27-17-8-7-15-23(27)25(29)30-18-9-3-4-11-21-12-10-16-26-19-21;1-19(21-12-3-2-4-13-21)23(27)26-16-7-5-14-22(26)24(28)29-17-8-6-10-20-11-9-15-25-18-20;1-23(12-4-2-5-13-23)20(26)21(27)25-15-6-3-11-19(25)22(28)29-16-8-10-18-9-7-14-24-17-18;1-18(20-11-3-2-4-12-20)22(26)25-15-6-5-13-21(25)23(27)28-16-8-10-19-9-7-14-24-17-19;1-11(12-7-3-2-4-8-12)14(17)16-10-6-5-9-13(16)15(18)19/h10,12,16,19,22-23H,1-9,11,13-15,17-18H2;9,11,15,18,21-22H,1-8,10,12-14,16-17H2;7,9,14,17,19H,2-6,8,10-13,15-16H2,1H3;7,9,14,17,20-21H,1-6,8,10-13,15-16H2;12-13H,1-10H2,(H,18,19). The molecule has 25 nitrogen and oxygen atoms in total. The lowest BCUT2D eigenvalue weighted by molar-refractivity contribution is -0.161. The van der Waals surface area contributed by atoms with E-state index in [2.05, 4.69) is 58.4 Å². The second kappa shape index (κ2) is 58.5. The van der Waals surface area contributed by atoms with Crippen molar-refractivity contribution in [1.29, 1.82) is 0 Å². The predicted octanol–water partition coefficient (Wildman–Crippen LogP) is 19.5. The normalized spacial score (nSPS) is 21.2. The Bertz CT molecular complexity index is 4410. The number of esters is 4. The Morgan fingerprint density at radius 3 is 0.822 bits per heavy atom. The molecule has 4 aromatic heterocycles. The Morgan fingerprint density at radius 1 is 0.304 bits per heavy atom. The van der Waals surface area contributed by atoms with Crippen molar-refractivity contribution in [2.24, 2.45) is 29.1 Å². The molecule has 5 atom stereocenters. The zero-order valence-electron chi connectivity index (χ0n) is 81.3. The average Bonchev–Trinajstić information content (AvgIpc) is 0.811. The van der Waals surface area contributed by atoms with Gasteiger partial charge in [-0.05, 0) is 301 Å². The molecule has 25 heteroatoms. The van der Waals surface area contributed by atoms with Gasteiger partial charge >= 0.3 is 29.8 Å². The number of piperidine rings is 5. The van der Waals surface area contributed by atoms with Gasteiger partial charge in [-0.15, -0.1) is 0 Å². The van der Waals surface area contributed by atoms with Gasteiger partial charge in [0.2, 0.25) is 29.4 Å². The molecule has 9 heterocycles. The fourth-order valence-corrected chi connectivity index (χ4v) is 21.1. The SMILES string of the molecule is C=C(C(=O)N1CCCCC1C(=O)O)C1CCCCC1.C=C(C(=O)N1CCCCC1C(=O)OCCCCCc1cccnc1)C1CCCCC1.C=C(C(=O)N1CCCCC1C(=O)OCCCCc1cccnc1)C1CCCCC1.C=C(C(=O)N1CCCCC1C(=O)OCCCc1cccnc1)C1CCCCC1.CC1(C(=O)C(=O)N2CCCCC2C(=O)OCCCc2cccnc2)CCCCC1. The summed E-state index contributed by atoms with van der Waals surface area (Å²) in [6.07, 6.45) is 63.7. The Kier molecular flexibility index (Phi) is 46.4. The summed E-state index contributed by atoms with van der Waals surface area (Å²) in [6.45, 7) is 22.6. The summed E-state index contributed by atoms with van der Waals surface area (Å²) in [5.41, 5.74) is 6.81. The van der Waals surface area contributed by atoms with Crippen LogP contribution in [0.25, 0.3) is 0 Å². The summed E-state index contributed by atoms with van der Waals surface area (Å²) in [7, 11) is 0. The first kappa shape index (κ1) is 107. The molecule has 5 unspecified atom stereocenters. The number of rotatable bonds is 34. The Hall–Kier alpha value is -10.1. The van der Waals surface area contributed by atoms with Gasteiger partial charge in [-0.25, -0.2) is 24.0 Å². The number of aryl methyl sites for hydroxylation is 4. The second-order valence-corrected chi connectivity index (χ2v) is 39.4. The first-order valence-electron chi connectivity index (χ1n) is 51.9. The maximum absolute atomic E-state index is 13.1. The van der Waals surface area contributed by atoms with Crippen LogP contribution in [0.2, 0.25) is 0 Å². The van der Waals surface area contributed by atoms with Crippen LogP contribution in [0.3, 0.4) is 0 Å². The molecule has 10 aliphatic rings. The van der Waals surface area contributed by atoms with Crippen molar-refractivity contribution in [3.8, 4) is 0 Å². The number of carboxylic acids is 1. The number of aliphatic carboxylic acids is 1. The highest BCUT2D eigenvalue weighted by atomic mass is 16.5. The summed E-state index contributed by atoms with van der Waals surface area (Å²) in [5, 5.41) is 9.23. The van der Waals surface area contributed by atoms with Crippen LogP contribution in [0, 0.1) is 29.1 Å². The monoisotopic (exact) mass is 1860 g/mol. The van der Waals surface area contributed by atoms with Crippen LogP contribution in [0.5, 0.6) is 0 Å². The first-order valence-corrected chi connectivity index (χ1v) is 51.9. The molecule has 5 aliphatic heterocycles. The van der Waals surface area contributed by atoms with Crippen LogP contribution < -0.4 is 0 Å². The second-order valence-electron chi connectivity index (χ2n) is 39.4. The molecule has 5 saturated heterocycles. The Morgan fingerprint density at radius 2 is 0.541 bits per heavy atom. The third-order valence-corrected chi connectivity index (χ3v) is 29.4. The molecule has 5 aliphatic carbocycles. The number of hydrogen-bond acceptors (Lipinski definition) is 19. The number of pyridine rings is 4. The minimum atomic E-state index is -0.885. The Labute approximate surface area is 803 Å². The number of likely N-dealkylation sites (tertiary alicyclic amines) is 5. The molecule has 1 N–H and O–H groups in total. The fraction of sp³-hybridized carbons (Fsp3) is 0.645. The molecular formula is C110H157N9O16. The molecule has 10 fully saturated rings. The van der Waals surface area contributed by atoms with E-state index in [1.165, 1.54) is 85.1 Å². The minimum Gasteiger partial charge on any atom is -0.480 e. The minimum absolute atomic E-state index is 0.0278. The van der Waals surface area contributed by atoms with E-state index in [-0.39, 0.29) is 77.0 Å². The highest BCUT2D eigenvalue weighted by molar-refractivity contribution is 6.38. The maximum atomic E-state index is 13.1. The number of aromatic nitrogens is 4. The zero-order chi connectivity index (χ0) is 95.9. The highest BCUT2D eigenvalue weighted by Crippen LogP contribution is 2.40. The highest BCUT2D eigenvalue weighted by Gasteiger charge is 2.46. The lowest BCUT2D eigenvalue weighted by atomic mass is 9.72. The molecule has 4 aromatic rings. The van der Waals surface area contributed by atoms with Gasteiger partial charge < -0.3 is 48.6 Å². The third kappa shape index (κ3) is 34.3. The number of ketones is 1. The lowest BCUT2D eigenvalue weighted by Crippen LogP contribution is -2.53. The van der Waals surface area contributed by atoms with Crippen LogP contribution in [0.15, 0.2) is 147 Å². The molecule has 5 amide bonds. The number of carbonyl (C=O) groups excluding carboxylic acids is 10. The Balaban J connectivity index is 0.000000176. The van der Waals surface area contributed by atoms with Gasteiger partial charge in [0.1, 0.15) is 30.2 Å². The summed E-state index contributed by atoms with van der Waals surface area (Å²) in [4.78, 5) is 164. The van der Waals surface area contributed by atoms with Crippen molar-refractivity contribution in [3.63, 3.8) is 0 Å². The third-order valence-electron chi connectivity index (χ3n) is 29.4. The zero-order valence-corrected chi connectivity index (χ0v) is 81.3. The number of carboxylic acid groups (broad SMARTS) is 1. The van der Waals surface area contributed by atoms with Crippen LogP contribution in [-0.4, -0.2) is 204 Å². The van der Waals surface area contributed by atoms with E-state index in [9.17, 15) is 57.8 Å². The van der Waals surface area contributed by atoms with Crippen molar-refractivity contribution < 1.29 is 76.8 Å². The van der Waals surface area contributed by atoms with Crippen molar-refractivity contribution >= 4 is 65.2 Å². The van der Waals surface area contributed by atoms with Crippen molar-refractivity contribution in [2.45, 2.75) is 365 Å². The summed E-state index contributed by atoms with van der Waals surface area (Å²) in [6, 6.07) is 13.2. The number of unbranched alkanes of at least 4 members (excludes halogenated alkanes) is 3. The van der Waals surface area contributed by atoms with Gasteiger partial charge in [-0.3, -0.25) is 48.7 Å². The maximum Gasteiger partial charge on any atom is 0.328 e. The number of ether oxygens (including phenoxy) is 4. The summed E-state index contributed by atoms with van der Waals surface area (Å²) < 4.78 is 22.1. The molecule has 0 aromatic carbocycles. The van der Waals surface area contributed by atoms with E-state index in [0.29, 0.717) is 120 Å². The first-order chi connectivity index (χ1) is 65.6. The number of carbonyl (C=O) groups is 11.